The number of hydrogen-bond acceptors (Lipinski definition) is 2. The van der Waals surface area contributed by atoms with Crippen LogP contribution in [0.25, 0.3) is 0 Å². The van der Waals surface area contributed by atoms with E-state index in [0.29, 0.717) is 0 Å². The SMILES string of the molecule is CC(=O)C(C)C(C(=O)O)C(C)(C)C. The molecular weight excluding hydrogens is 168 g/mol. The number of rotatable bonds is 3. The smallest absolute Gasteiger partial charge is 0.307 e. The first-order valence-corrected chi connectivity index (χ1v) is 4.41. The highest BCUT2D eigenvalue weighted by Gasteiger charge is 2.37. The molecule has 0 saturated heterocycles. The van der Waals surface area contributed by atoms with Crippen molar-refractivity contribution in [2.45, 2.75) is 34.6 Å². The van der Waals surface area contributed by atoms with Gasteiger partial charge in [-0.15, -0.1) is 0 Å². The van der Waals surface area contributed by atoms with Crippen molar-refractivity contribution in [3.05, 3.63) is 0 Å². The second-order valence-electron chi connectivity index (χ2n) is 4.58. The van der Waals surface area contributed by atoms with Crippen molar-refractivity contribution in [3.63, 3.8) is 0 Å². The zero-order valence-electron chi connectivity index (χ0n) is 8.92. The van der Waals surface area contributed by atoms with Gasteiger partial charge in [-0.2, -0.15) is 0 Å². The van der Waals surface area contributed by atoms with Crippen molar-refractivity contribution in [2.24, 2.45) is 17.3 Å². The number of aliphatic carboxylic acids is 1. The second kappa shape index (κ2) is 3.90. The van der Waals surface area contributed by atoms with Gasteiger partial charge in [-0.3, -0.25) is 9.59 Å². The third kappa shape index (κ3) is 3.17. The minimum Gasteiger partial charge on any atom is -0.481 e. The summed E-state index contributed by atoms with van der Waals surface area (Å²) in [6.45, 7) is 8.63. The number of ketones is 1. The van der Waals surface area contributed by atoms with E-state index in [4.69, 9.17) is 5.11 Å². The lowest BCUT2D eigenvalue weighted by Gasteiger charge is -2.30. The lowest BCUT2D eigenvalue weighted by molar-refractivity contribution is -0.150. The summed E-state index contributed by atoms with van der Waals surface area (Å²) in [5.41, 5.74) is -0.378. The largest absolute Gasteiger partial charge is 0.481 e. The molecule has 3 nitrogen and oxygen atoms in total. The molecule has 1 N–H and O–H groups in total. The van der Waals surface area contributed by atoms with Crippen LogP contribution in [0.3, 0.4) is 0 Å². The third-order valence-corrected chi connectivity index (χ3v) is 2.34. The summed E-state index contributed by atoms with van der Waals surface area (Å²) in [4.78, 5) is 22.0. The van der Waals surface area contributed by atoms with Gasteiger partial charge in [0.1, 0.15) is 5.78 Å². The summed E-state index contributed by atoms with van der Waals surface area (Å²) in [7, 11) is 0. The van der Waals surface area contributed by atoms with Crippen LogP contribution in [0.15, 0.2) is 0 Å². The van der Waals surface area contributed by atoms with Gasteiger partial charge in [0.25, 0.3) is 0 Å². The van der Waals surface area contributed by atoms with Crippen LogP contribution in [0.5, 0.6) is 0 Å². The molecule has 0 aromatic heterocycles. The van der Waals surface area contributed by atoms with Gasteiger partial charge in [0.2, 0.25) is 0 Å². The first-order chi connectivity index (χ1) is 5.68. The maximum atomic E-state index is 11.1. The number of carbonyl (C=O) groups excluding carboxylic acids is 1. The summed E-state index contributed by atoms with van der Waals surface area (Å²) in [5, 5.41) is 8.98. The molecule has 0 saturated carbocycles. The molecule has 3 heteroatoms. The van der Waals surface area contributed by atoms with Crippen LogP contribution in [0.4, 0.5) is 0 Å². The van der Waals surface area contributed by atoms with Crippen LogP contribution in [-0.2, 0) is 9.59 Å². The minimum atomic E-state index is -0.893. The van der Waals surface area contributed by atoms with E-state index in [1.807, 2.05) is 20.8 Å². The molecule has 0 rings (SSSR count). The normalized spacial score (nSPS) is 16.4. The average molecular weight is 186 g/mol. The van der Waals surface area contributed by atoms with E-state index in [0.717, 1.165) is 0 Å². The van der Waals surface area contributed by atoms with Gasteiger partial charge in [0.15, 0.2) is 0 Å². The molecule has 0 aliphatic rings. The fraction of sp³-hybridized carbons (Fsp3) is 0.800. The van der Waals surface area contributed by atoms with Crippen molar-refractivity contribution >= 4 is 11.8 Å². The highest BCUT2D eigenvalue weighted by molar-refractivity contribution is 5.84. The number of carbonyl (C=O) groups is 2. The van der Waals surface area contributed by atoms with E-state index in [1.165, 1.54) is 6.92 Å². The minimum absolute atomic E-state index is 0.0673. The molecule has 13 heavy (non-hydrogen) atoms. The van der Waals surface area contributed by atoms with Crippen LogP contribution >= 0.6 is 0 Å². The Bertz CT molecular complexity index is 213. The highest BCUT2D eigenvalue weighted by atomic mass is 16.4. The maximum Gasteiger partial charge on any atom is 0.307 e. The van der Waals surface area contributed by atoms with Gasteiger partial charge < -0.3 is 5.11 Å². The average Bonchev–Trinajstić information content (AvgIpc) is 1.82. The van der Waals surface area contributed by atoms with Crippen molar-refractivity contribution < 1.29 is 14.7 Å². The number of carboxylic acid groups (broad SMARTS) is 1. The predicted octanol–water partition coefficient (Wildman–Crippen LogP) is 1.96. The predicted molar refractivity (Wildman–Crippen MR) is 50.4 cm³/mol. The molecule has 0 fully saturated rings. The van der Waals surface area contributed by atoms with Gasteiger partial charge in [0.05, 0.1) is 5.92 Å². The van der Waals surface area contributed by atoms with Gasteiger partial charge in [-0.25, -0.2) is 0 Å². The summed E-state index contributed by atoms with van der Waals surface area (Å²) in [6.07, 6.45) is 0. The Balaban J connectivity index is 4.83. The van der Waals surface area contributed by atoms with Gasteiger partial charge in [0, 0.05) is 5.92 Å². The Morgan fingerprint density at radius 2 is 1.62 bits per heavy atom. The Hall–Kier alpha value is -0.860. The Labute approximate surface area is 79.1 Å². The molecule has 2 atom stereocenters. The van der Waals surface area contributed by atoms with Crippen LogP contribution < -0.4 is 0 Å². The van der Waals surface area contributed by atoms with E-state index < -0.39 is 17.8 Å². The van der Waals surface area contributed by atoms with Crippen LogP contribution in [0.1, 0.15) is 34.6 Å². The molecule has 0 amide bonds. The molecule has 76 valence electrons. The van der Waals surface area contributed by atoms with Gasteiger partial charge in [-0.05, 0) is 12.3 Å². The van der Waals surface area contributed by atoms with E-state index >= 15 is 0 Å². The summed E-state index contributed by atoms with van der Waals surface area (Å²) >= 11 is 0. The van der Waals surface area contributed by atoms with Crippen LogP contribution in [0.2, 0.25) is 0 Å². The Kier molecular flexibility index (Phi) is 3.64. The lowest BCUT2D eigenvalue weighted by Crippen LogP contribution is -2.36. The standard InChI is InChI=1S/C10H18O3/c1-6(7(2)11)8(9(12)13)10(3,4)5/h6,8H,1-5H3,(H,12,13). The molecule has 0 radical (unpaired) electrons. The van der Waals surface area contributed by atoms with Crippen LogP contribution in [0, 0.1) is 17.3 Å². The first-order valence-electron chi connectivity index (χ1n) is 4.41. The Morgan fingerprint density at radius 3 is 1.69 bits per heavy atom. The Morgan fingerprint density at radius 1 is 1.23 bits per heavy atom. The van der Waals surface area contributed by atoms with Crippen LogP contribution in [-0.4, -0.2) is 16.9 Å². The van der Waals surface area contributed by atoms with Crippen molar-refractivity contribution in [2.75, 3.05) is 0 Å². The third-order valence-electron chi connectivity index (χ3n) is 2.34. The van der Waals surface area contributed by atoms with E-state index in [1.54, 1.807) is 6.92 Å². The molecule has 0 aliphatic heterocycles. The summed E-state index contributed by atoms with van der Waals surface area (Å²) < 4.78 is 0. The number of hydrogen-bond donors (Lipinski definition) is 1. The number of Topliss-reactive ketones (excluding diaryl/α,β-unsaturated/α-hetero) is 1. The topological polar surface area (TPSA) is 54.4 Å². The van der Waals surface area contributed by atoms with Gasteiger partial charge >= 0.3 is 5.97 Å². The van der Waals surface area contributed by atoms with E-state index in [-0.39, 0.29) is 11.2 Å². The lowest BCUT2D eigenvalue weighted by atomic mass is 9.72. The van der Waals surface area contributed by atoms with Crippen molar-refractivity contribution in [1.82, 2.24) is 0 Å². The molecule has 0 bridgehead atoms. The van der Waals surface area contributed by atoms with Gasteiger partial charge in [-0.1, -0.05) is 27.7 Å². The summed E-state index contributed by atoms with van der Waals surface area (Å²) in [5.74, 6) is -1.99. The molecule has 2 unspecified atom stereocenters. The zero-order chi connectivity index (χ0) is 10.8. The fourth-order valence-corrected chi connectivity index (χ4v) is 1.57. The maximum absolute atomic E-state index is 11.1. The molecule has 0 heterocycles. The van der Waals surface area contributed by atoms with Crippen molar-refractivity contribution in [3.8, 4) is 0 Å². The number of carboxylic acids is 1. The fourth-order valence-electron chi connectivity index (χ4n) is 1.57. The molecular formula is C10H18O3. The molecule has 0 aliphatic carbocycles. The summed E-state index contributed by atoms with van der Waals surface area (Å²) in [6, 6.07) is 0. The quantitative estimate of drug-likeness (QED) is 0.733. The van der Waals surface area contributed by atoms with E-state index in [9.17, 15) is 9.59 Å². The zero-order valence-corrected chi connectivity index (χ0v) is 8.92. The van der Waals surface area contributed by atoms with Crippen molar-refractivity contribution in [1.29, 1.82) is 0 Å². The first kappa shape index (κ1) is 12.1. The van der Waals surface area contributed by atoms with E-state index in [2.05, 4.69) is 0 Å². The molecule has 0 aromatic carbocycles. The molecule has 0 spiro atoms. The molecule has 0 aromatic rings. The highest BCUT2D eigenvalue weighted by Crippen LogP contribution is 2.32. The monoisotopic (exact) mass is 186 g/mol. The second-order valence-corrected chi connectivity index (χ2v) is 4.58.